The number of aliphatic imine (C=N–C) groups is 1. The van der Waals surface area contributed by atoms with Crippen molar-refractivity contribution in [3.8, 4) is 0 Å². The van der Waals surface area contributed by atoms with E-state index in [-0.39, 0.29) is 35.8 Å². The number of aromatic nitrogens is 1. The fourth-order valence-corrected chi connectivity index (χ4v) is 2.39. The largest absolute Gasteiger partial charge is 0.370 e. The highest BCUT2D eigenvalue weighted by atomic mass is 127. The van der Waals surface area contributed by atoms with Crippen LogP contribution >= 0.6 is 24.0 Å². The summed E-state index contributed by atoms with van der Waals surface area (Å²) in [6, 6.07) is 12.4. The monoisotopic (exact) mass is 457 g/mol. The van der Waals surface area contributed by atoms with Crippen LogP contribution in [-0.4, -0.2) is 43.0 Å². The summed E-state index contributed by atoms with van der Waals surface area (Å²) in [4.78, 5) is 10.6. The first-order chi connectivity index (χ1) is 11.6. The Morgan fingerprint density at radius 3 is 2.72 bits per heavy atom. The van der Waals surface area contributed by atoms with Crippen molar-refractivity contribution in [3.63, 3.8) is 0 Å². The van der Waals surface area contributed by atoms with Crippen molar-refractivity contribution >= 4 is 29.9 Å². The molecule has 0 fully saturated rings. The van der Waals surface area contributed by atoms with Crippen LogP contribution in [0.25, 0.3) is 0 Å². The van der Waals surface area contributed by atoms with Gasteiger partial charge in [-0.1, -0.05) is 18.2 Å². The minimum absolute atomic E-state index is 0. The lowest BCUT2D eigenvalue weighted by molar-refractivity contribution is 0.305. The first kappa shape index (κ1) is 21.3. The second kappa shape index (κ2) is 11.0. The van der Waals surface area contributed by atoms with E-state index < -0.39 is 0 Å². The second-order valence-electron chi connectivity index (χ2n) is 5.76. The smallest absolute Gasteiger partial charge is 0.188 e. The highest BCUT2D eigenvalue weighted by molar-refractivity contribution is 14.0. The van der Waals surface area contributed by atoms with Gasteiger partial charge >= 0.3 is 0 Å². The second-order valence-corrected chi connectivity index (χ2v) is 5.76. The molecule has 5 nitrogen and oxygen atoms in total. The fraction of sp³-hybridized carbons (Fsp3) is 0.333. The Bertz CT molecular complexity index is 664. The number of likely N-dealkylation sites (N-methyl/N-ethyl adjacent to an activating group) is 1. The van der Waals surface area contributed by atoms with Crippen molar-refractivity contribution < 1.29 is 4.39 Å². The molecule has 0 radical (unpaired) electrons. The van der Waals surface area contributed by atoms with Crippen LogP contribution in [0.15, 0.2) is 53.7 Å². The highest BCUT2D eigenvalue weighted by Gasteiger charge is 2.14. The van der Waals surface area contributed by atoms with Gasteiger partial charge in [0.1, 0.15) is 5.82 Å². The molecule has 0 bridgehead atoms. The van der Waals surface area contributed by atoms with E-state index in [4.69, 9.17) is 5.73 Å². The van der Waals surface area contributed by atoms with Crippen LogP contribution in [-0.2, 0) is 6.42 Å². The van der Waals surface area contributed by atoms with E-state index in [2.05, 4.69) is 15.3 Å². The van der Waals surface area contributed by atoms with Crippen molar-refractivity contribution in [2.24, 2.45) is 10.7 Å². The van der Waals surface area contributed by atoms with Gasteiger partial charge in [0.05, 0.1) is 12.6 Å². The average Bonchev–Trinajstić information content (AvgIpc) is 2.56. The van der Waals surface area contributed by atoms with E-state index >= 15 is 0 Å². The van der Waals surface area contributed by atoms with E-state index in [0.717, 1.165) is 17.7 Å². The summed E-state index contributed by atoms with van der Waals surface area (Å²) in [6.45, 7) is 1.12. The molecule has 25 heavy (non-hydrogen) atoms. The molecule has 0 spiro atoms. The summed E-state index contributed by atoms with van der Waals surface area (Å²) in [6.07, 6.45) is 2.55. The number of pyridine rings is 1. The van der Waals surface area contributed by atoms with E-state index in [1.807, 2.05) is 43.3 Å². The van der Waals surface area contributed by atoms with E-state index in [9.17, 15) is 4.39 Å². The topological polar surface area (TPSA) is 66.5 Å². The van der Waals surface area contributed by atoms with Gasteiger partial charge in [-0.2, -0.15) is 0 Å². The minimum atomic E-state index is -0.246. The van der Waals surface area contributed by atoms with Crippen molar-refractivity contribution in [3.05, 3.63) is 65.7 Å². The van der Waals surface area contributed by atoms with Gasteiger partial charge < -0.3 is 16.0 Å². The van der Waals surface area contributed by atoms with Crippen molar-refractivity contribution in [1.29, 1.82) is 0 Å². The Kier molecular flexibility index (Phi) is 9.36. The van der Waals surface area contributed by atoms with Crippen molar-refractivity contribution in [2.75, 3.05) is 27.2 Å². The predicted octanol–water partition coefficient (Wildman–Crippen LogP) is 2.59. The number of hydrogen-bond acceptors (Lipinski definition) is 3. The molecular formula is C18H25FIN5. The van der Waals surface area contributed by atoms with Crippen molar-refractivity contribution in [1.82, 2.24) is 15.2 Å². The molecule has 1 aromatic carbocycles. The van der Waals surface area contributed by atoms with E-state index in [0.29, 0.717) is 19.0 Å². The lowest BCUT2D eigenvalue weighted by atomic mass is 10.1. The lowest BCUT2D eigenvalue weighted by Crippen LogP contribution is -2.34. The maximum absolute atomic E-state index is 13.4. The maximum atomic E-state index is 13.4. The van der Waals surface area contributed by atoms with Crippen LogP contribution < -0.4 is 11.1 Å². The molecule has 2 rings (SSSR count). The van der Waals surface area contributed by atoms with Crippen LogP contribution in [0.2, 0.25) is 0 Å². The third-order valence-electron chi connectivity index (χ3n) is 3.70. The standard InChI is InChI=1S/C18H24FN5.HI/c1-24(2)17(14-6-5-7-15(19)12-14)13-23-18(20)22-11-9-16-8-3-4-10-21-16;/h3-8,10,12,17H,9,11,13H2,1-2H3,(H3,20,22,23);1H. The van der Waals surface area contributed by atoms with Crippen molar-refractivity contribution in [2.45, 2.75) is 12.5 Å². The number of rotatable bonds is 7. The van der Waals surface area contributed by atoms with E-state index in [1.54, 1.807) is 12.3 Å². The number of benzene rings is 1. The number of nitrogens with one attached hydrogen (secondary N) is 1. The molecule has 0 aliphatic rings. The molecule has 3 N–H and O–H groups in total. The summed E-state index contributed by atoms with van der Waals surface area (Å²) in [5.41, 5.74) is 7.80. The zero-order valence-electron chi connectivity index (χ0n) is 14.5. The van der Waals surface area contributed by atoms with Gasteiger partial charge in [0, 0.05) is 24.9 Å². The summed E-state index contributed by atoms with van der Waals surface area (Å²) >= 11 is 0. The van der Waals surface area contributed by atoms with Gasteiger partial charge in [-0.15, -0.1) is 24.0 Å². The number of nitrogens with two attached hydrogens (primary N) is 1. The van der Waals surface area contributed by atoms with Crippen LogP contribution in [0.3, 0.4) is 0 Å². The summed E-state index contributed by atoms with van der Waals surface area (Å²) in [5.74, 6) is 0.138. The molecule has 1 heterocycles. The molecule has 0 amide bonds. The third kappa shape index (κ3) is 7.35. The van der Waals surface area contributed by atoms with Crippen LogP contribution in [0.1, 0.15) is 17.3 Å². The molecule has 136 valence electrons. The zero-order chi connectivity index (χ0) is 17.4. The molecule has 0 aliphatic carbocycles. The lowest BCUT2D eigenvalue weighted by Gasteiger charge is -2.23. The molecule has 7 heteroatoms. The predicted molar refractivity (Wildman–Crippen MR) is 111 cm³/mol. The molecular weight excluding hydrogens is 432 g/mol. The first-order valence-corrected chi connectivity index (χ1v) is 7.92. The van der Waals surface area contributed by atoms with Gasteiger partial charge in [0.25, 0.3) is 0 Å². The summed E-state index contributed by atoms with van der Waals surface area (Å²) in [7, 11) is 3.88. The molecule has 2 aromatic rings. The number of halogens is 2. The normalized spacial score (nSPS) is 12.6. The average molecular weight is 457 g/mol. The Hall–Kier alpha value is -1.74. The van der Waals surface area contributed by atoms with Gasteiger partial charge in [0.15, 0.2) is 5.96 Å². The molecule has 0 saturated heterocycles. The molecule has 1 unspecified atom stereocenters. The Labute approximate surface area is 165 Å². The first-order valence-electron chi connectivity index (χ1n) is 7.92. The third-order valence-corrected chi connectivity index (χ3v) is 3.70. The maximum Gasteiger partial charge on any atom is 0.188 e. The van der Waals surface area contributed by atoms with Crippen LogP contribution in [0.5, 0.6) is 0 Å². The Morgan fingerprint density at radius 1 is 1.28 bits per heavy atom. The Balaban J connectivity index is 0.00000312. The number of hydrogen-bond donors (Lipinski definition) is 2. The van der Waals surface area contributed by atoms with Crippen LogP contribution in [0.4, 0.5) is 4.39 Å². The highest BCUT2D eigenvalue weighted by Crippen LogP contribution is 2.19. The molecule has 1 aromatic heterocycles. The summed E-state index contributed by atoms with van der Waals surface area (Å²) in [5, 5.41) is 3.08. The molecule has 0 saturated carbocycles. The quantitative estimate of drug-likeness (QED) is 0.381. The summed E-state index contributed by atoms with van der Waals surface area (Å²) < 4.78 is 13.4. The van der Waals surface area contributed by atoms with Gasteiger partial charge in [-0.3, -0.25) is 9.98 Å². The molecule has 1 atom stereocenters. The molecule has 0 aliphatic heterocycles. The minimum Gasteiger partial charge on any atom is -0.370 e. The zero-order valence-corrected chi connectivity index (χ0v) is 16.9. The Morgan fingerprint density at radius 2 is 2.08 bits per heavy atom. The van der Waals surface area contributed by atoms with Gasteiger partial charge in [0.2, 0.25) is 0 Å². The fourth-order valence-electron chi connectivity index (χ4n) is 2.39. The van der Waals surface area contributed by atoms with Gasteiger partial charge in [-0.25, -0.2) is 4.39 Å². The van der Waals surface area contributed by atoms with Crippen LogP contribution in [0, 0.1) is 5.82 Å². The SMILES string of the molecule is CN(C)C(CN=C(N)NCCc1ccccn1)c1cccc(F)c1.I. The number of nitrogens with zero attached hydrogens (tertiary/aromatic N) is 3. The van der Waals surface area contributed by atoms with E-state index in [1.165, 1.54) is 12.1 Å². The van der Waals surface area contributed by atoms with Gasteiger partial charge in [-0.05, 0) is 43.9 Å². The number of guanidine groups is 1.